The molecule has 1 aliphatic carbocycles. The van der Waals surface area contributed by atoms with Crippen molar-refractivity contribution in [3.05, 3.63) is 0 Å². The molecule has 0 spiro atoms. The number of aliphatic hydroxyl groups is 1. The monoisotopic (exact) mass is 172 g/mol. The Morgan fingerprint density at radius 3 is 2.67 bits per heavy atom. The van der Waals surface area contributed by atoms with Gasteiger partial charge in [-0.05, 0) is 33.1 Å². The van der Waals surface area contributed by atoms with Crippen LogP contribution in [0, 0.1) is 0 Å². The van der Waals surface area contributed by atoms with E-state index in [2.05, 4.69) is 0 Å². The highest BCUT2D eigenvalue weighted by Crippen LogP contribution is 2.36. The summed E-state index contributed by atoms with van der Waals surface area (Å²) in [7, 11) is 0. The minimum Gasteiger partial charge on any atom is -0.390 e. The molecule has 0 aromatic carbocycles. The van der Waals surface area contributed by atoms with Crippen molar-refractivity contribution >= 4 is 0 Å². The van der Waals surface area contributed by atoms with Crippen LogP contribution in [-0.4, -0.2) is 29.2 Å². The molecule has 0 bridgehead atoms. The van der Waals surface area contributed by atoms with Crippen LogP contribution in [-0.2, 0) is 9.47 Å². The lowest BCUT2D eigenvalue weighted by atomic mass is 9.92. The SMILES string of the molecule is CC1(C)O[C@H]2[C@H](O)CCC[C@H]2O1. The van der Waals surface area contributed by atoms with E-state index in [0.29, 0.717) is 0 Å². The standard InChI is InChI=1S/C9H16O3/c1-9(2)11-7-5-3-4-6(10)8(7)12-9/h6-8,10H,3-5H2,1-2H3/t6-,7-,8+/m1/s1. The van der Waals surface area contributed by atoms with Crippen molar-refractivity contribution in [2.24, 2.45) is 0 Å². The fraction of sp³-hybridized carbons (Fsp3) is 1.00. The fourth-order valence-electron chi connectivity index (χ4n) is 2.10. The molecule has 0 aromatic rings. The van der Waals surface area contributed by atoms with E-state index in [-0.39, 0.29) is 18.3 Å². The maximum absolute atomic E-state index is 9.61. The predicted octanol–water partition coefficient (Wildman–Crippen LogP) is 1.05. The summed E-state index contributed by atoms with van der Waals surface area (Å²) in [5.74, 6) is -0.499. The summed E-state index contributed by atoms with van der Waals surface area (Å²) in [6.45, 7) is 3.80. The van der Waals surface area contributed by atoms with Crippen LogP contribution in [0.3, 0.4) is 0 Å². The molecule has 3 heteroatoms. The van der Waals surface area contributed by atoms with E-state index in [1.54, 1.807) is 0 Å². The van der Waals surface area contributed by atoms with Crippen LogP contribution in [0.5, 0.6) is 0 Å². The zero-order valence-electron chi connectivity index (χ0n) is 7.62. The van der Waals surface area contributed by atoms with Gasteiger partial charge in [0.05, 0.1) is 12.2 Å². The highest BCUT2D eigenvalue weighted by molar-refractivity contribution is 4.89. The van der Waals surface area contributed by atoms with E-state index in [4.69, 9.17) is 9.47 Å². The van der Waals surface area contributed by atoms with E-state index < -0.39 is 5.79 Å². The zero-order valence-corrected chi connectivity index (χ0v) is 7.62. The van der Waals surface area contributed by atoms with Crippen LogP contribution in [0.4, 0.5) is 0 Å². The average Bonchev–Trinajstić information content (AvgIpc) is 2.25. The molecule has 2 aliphatic rings. The smallest absolute Gasteiger partial charge is 0.163 e. The van der Waals surface area contributed by atoms with Gasteiger partial charge in [0, 0.05) is 0 Å². The second-order valence-corrected chi connectivity index (χ2v) is 4.14. The highest BCUT2D eigenvalue weighted by atomic mass is 16.8. The number of aliphatic hydroxyl groups excluding tert-OH is 1. The van der Waals surface area contributed by atoms with Crippen molar-refractivity contribution in [2.75, 3.05) is 0 Å². The number of rotatable bonds is 0. The van der Waals surface area contributed by atoms with Crippen LogP contribution in [0.15, 0.2) is 0 Å². The van der Waals surface area contributed by atoms with Gasteiger partial charge in [0.15, 0.2) is 5.79 Å². The van der Waals surface area contributed by atoms with Gasteiger partial charge in [0.25, 0.3) is 0 Å². The largest absolute Gasteiger partial charge is 0.390 e. The summed E-state index contributed by atoms with van der Waals surface area (Å²) < 4.78 is 11.2. The molecule has 1 N–H and O–H groups in total. The van der Waals surface area contributed by atoms with Crippen LogP contribution in [0.25, 0.3) is 0 Å². The first-order valence-corrected chi connectivity index (χ1v) is 4.62. The Morgan fingerprint density at radius 2 is 2.00 bits per heavy atom. The molecule has 2 fully saturated rings. The van der Waals surface area contributed by atoms with Crippen molar-refractivity contribution in [3.63, 3.8) is 0 Å². The number of hydrogen-bond donors (Lipinski definition) is 1. The second-order valence-electron chi connectivity index (χ2n) is 4.14. The molecule has 70 valence electrons. The van der Waals surface area contributed by atoms with Crippen LogP contribution in [0.1, 0.15) is 33.1 Å². The van der Waals surface area contributed by atoms with Crippen molar-refractivity contribution in [3.8, 4) is 0 Å². The predicted molar refractivity (Wildman–Crippen MR) is 43.7 cm³/mol. The summed E-state index contributed by atoms with van der Waals surface area (Å²) in [5.41, 5.74) is 0. The molecule has 1 saturated carbocycles. The first kappa shape index (κ1) is 8.48. The van der Waals surface area contributed by atoms with Crippen molar-refractivity contribution in [1.29, 1.82) is 0 Å². The Hall–Kier alpha value is -0.120. The van der Waals surface area contributed by atoms with Crippen molar-refractivity contribution < 1.29 is 14.6 Å². The van der Waals surface area contributed by atoms with E-state index in [9.17, 15) is 5.11 Å². The number of hydrogen-bond acceptors (Lipinski definition) is 3. The molecule has 0 unspecified atom stereocenters. The normalized spacial score (nSPS) is 45.8. The number of ether oxygens (including phenoxy) is 2. The quantitative estimate of drug-likeness (QED) is 0.593. The summed E-state index contributed by atoms with van der Waals surface area (Å²) in [5, 5.41) is 9.61. The van der Waals surface area contributed by atoms with E-state index in [0.717, 1.165) is 19.3 Å². The third kappa shape index (κ3) is 1.37. The van der Waals surface area contributed by atoms with Gasteiger partial charge in [-0.3, -0.25) is 0 Å². The Balaban J connectivity index is 2.09. The van der Waals surface area contributed by atoms with Crippen molar-refractivity contribution in [1.82, 2.24) is 0 Å². The molecular weight excluding hydrogens is 156 g/mol. The Morgan fingerprint density at radius 1 is 1.25 bits per heavy atom. The van der Waals surface area contributed by atoms with Gasteiger partial charge < -0.3 is 14.6 Å². The molecule has 0 aromatic heterocycles. The topological polar surface area (TPSA) is 38.7 Å². The van der Waals surface area contributed by atoms with Gasteiger partial charge in [-0.2, -0.15) is 0 Å². The third-order valence-electron chi connectivity index (χ3n) is 2.59. The number of fused-ring (bicyclic) bond motifs is 1. The van der Waals surface area contributed by atoms with Gasteiger partial charge in [0.1, 0.15) is 6.10 Å². The van der Waals surface area contributed by atoms with Crippen LogP contribution >= 0.6 is 0 Å². The van der Waals surface area contributed by atoms with Gasteiger partial charge in [-0.25, -0.2) is 0 Å². The minimum absolute atomic E-state index is 0.0891. The van der Waals surface area contributed by atoms with Crippen LogP contribution in [0.2, 0.25) is 0 Å². The Bertz CT molecular complexity index is 179. The summed E-state index contributed by atoms with van der Waals surface area (Å²) >= 11 is 0. The summed E-state index contributed by atoms with van der Waals surface area (Å²) in [6.07, 6.45) is 2.61. The van der Waals surface area contributed by atoms with E-state index >= 15 is 0 Å². The Labute approximate surface area is 72.7 Å². The molecule has 2 rings (SSSR count). The maximum Gasteiger partial charge on any atom is 0.163 e. The van der Waals surface area contributed by atoms with Crippen LogP contribution < -0.4 is 0 Å². The third-order valence-corrected chi connectivity index (χ3v) is 2.59. The second kappa shape index (κ2) is 2.69. The molecule has 12 heavy (non-hydrogen) atoms. The molecule has 1 heterocycles. The van der Waals surface area contributed by atoms with E-state index in [1.807, 2.05) is 13.8 Å². The van der Waals surface area contributed by atoms with Gasteiger partial charge in [-0.15, -0.1) is 0 Å². The molecule has 3 nitrogen and oxygen atoms in total. The molecule has 0 amide bonds. The first-order valence-electron chi connectivity index (χ1n) is 4.62. The fourth-order valence-corrected chi connectivity index (χ4v) is 2.10. The molecule has 0 radical (unpaired) electrons. The van der Waals surface area contributed by atoms with Crippen molar-refractivity contribution in [2.45, 2.75) is 57.2 Å². The minimum atomic E-state index is -0.499. The molecule has 1 saturated heterocycles. The average molecular weight is 172 g/mol. The molecule has 1 aliphatic heterocycles. The van der Waals surface area contributed by atoms with E-state index in [1.165, 1.54) is 0 Å². The lowest BCUT2D eigenvalue weighted by Gasteiger charge is -2.26. The highest BCUT2D eigenvalue weighted by Gasteiger charge is 2.46. The van der Waals surface area contributed by atoms with Gasteiger partial charge in [-0.1, -0.05) is 0 Å². The lowest BCUT2D eigenvalue weighted by molar-refractivity contribution is -0.153. The van der Waals surface area contributed by atoms with Gasteiger partial charge in [0.2, 0.25) is 0 Å². The zero-order chi connectivity index (χ0) is 8.77. The summed E-state index contributed by atoms with van der Waals surface area (Å²) in [4.78, 5) is 0. The summed E-state index contributed by atoms with van der Waals surface area (Å²) in [6, 6.07) is 0. The maximum atomic E-state index is 9.61. The first-order chi connectivity index (χ1) is 5.58. The lowest BCUT2D eigenvalue weighted by Crippen LogP contribution is -2.38. The Kier molecular flexibility index (Phi) is 1.90. The molecule has 3 atom stereocenters. The molecular formula is C9H16O3. The van der Waals surface area contributed by atoms with Gasteiger partial charge >= 0.3 is 0 Å².